The summed E-state index contributed by atoms with van der Waals surface area (Å²) in [5.41, 5.74) is 2.50. The molecule has 17 heavy (non-hydrogen) atoms. The second-order valence-electron chi connectivity index (χ2n) is 3.78. The molecule has 0 N–H and O–H groups in total. The molecule has 0 heterocycles. The minimum atomic E-state index is -0.378. The third-order valence-electron chi connectivity index (χ3n) is 2.37. The van der Waals surface area contributed by atoms with E-state index in [2.05, 4.69) is 11.3 Å². The number of nitrogens with zero attached hydrogens (tertiary/aromatic N) is 1. The van der Waals surface area contributed by atoms with Crippen molar-refractivity contribution < 1.29 is 9.53 Å². The van der Waals surface area contributed by atoms with E-state index in [9.17, 15) is 4.79 Å². The number of hydrogen-bond acceptors (Lipinski definition) is 3. The van der Waals surface area contributed by atoms with Gasteiger partial charge in [-0.25, -0.2) is 4.79 Å². The summed E-state index contributed by atoms with van der Waals surface area (Å²) in [7, 11) is 5.32. The van der Waals surface area contributed by atoms with Crippen molar-refractivity contribution >= 4 is 17.7 Å². The molecule has 0 saturated carbocycles. The van der Waals surface area contributed by atoms with E-state index in [1.54, 1.807) is 6.08 Å². The lowest BCUT2D eigenvalue weighted by molar-refractivity contribution is -0.135. The topological polar surface area (TPSA) is 29.5 Å². The lowest BCUT2D eigenvalue weighted by atomic mass is 10.1. The Hall–Kier alpha value is -2.03. The second-order valence-corrected chi connectivity index (χ2v) is 3.78. The number of hydrogen-bond donors (Lipinski definition) is 0. The zero-order chi connectivity index (χ0) is 12.8. The van der Waals surface area contributed by atoms with Crippen LogP contribution in [0.2, 0.25) is 0 Å². The predicted octanol–water partition coefficient (Wildman–Crippen LogP) is 2.50. The van der Waals surface area contributed by atoms with Gasteiger partial charge in [0, 0.05) is 19.8 Å². The molecule has 0 bridgehead atoms. The zero-order valence-electron chi connectivity index (χ0n) is 10.4. The summed E-state index contributed by atoms with van der Waals surface area (Å²) in [6.07, 6.45) is 3.24. The van der Waals surface area contributed by atoms with E-state index < -0.39 is 0 Å². The summed E-state index contributed by atoms with van der Waals surface area (Å²) < 4.78 is 4.65. The molecule has 0 atom stereocenters. The van der Waals surface area contributed by atoms with Crippen LogP contribution < -0.4 is 4.90 Å². The van der Waals surface area contributed by atoms with Crippen molar-refractivity contribution in [1.82, 2.24) is 0 Å². The maximum Gasteiger partial charge on any atom is 0.337 e. The SMILES string of the molecule is C=C/C(=C\c1ccc(N(C)C)cc1)C(=O)OC. The fourth-order valence-electron chi connectivity index (χ4n) is 1.37. The van der Waals surface area contributed by atoms with Crippen molar-refractivity contribution in [2.75, 3.05) is 26.1 Å². The summed E-state index contributed by atoms with van der Waals surface area (Å²) in [6, 6.07) is 7.87. The summed E-state index contributed by atoms with van der Waals surface area (Å²) in [6.45, 7) is 3.59. The lowest BCUT2D eigenvalue weighted by Crippen LogP contribution is -2.08. The zero-order valence-corrected chi connectivity index (χ0v) is 10.4. The minimum Gasteiger partial charge on any atom is -0.465 e. The molecule has 3 heteroatoms. The highest BCUT2D eigenvalue weighted by molar-refractivity contribution is 5.96. The van der Waals surface area contributed by atoms with E-state index in [0.29, 0.717) is 5.57 Å². The summed E-state index contributed by atoms with van der Waals surface area (Å²) in [5.74, 6) is -0.378. The van der Waals surface area contributed by atoms with Gasteiger partial charge in [-0.15, -0.1) is 0 Å². The Kier molecular flexibility index (Phi) is 4.52. The first kappa shape index (κ1) is 13.0. The van der Waals surface area contributed by atoms with Crippen LogP contribution in [-0.2, 0) is 9.53 Å². The van der Waals surface area contributed by atoms with Gasteiger partial charge in [0.15, 0.2) is 0 Å². The summed E-state index contributed by atoms with van der Waals surface area (Å²) in [4.78, 5) is 13.4. The van der Waals surface area contributed by atoms with Gasteiger partial charge in [0.05, 0.1) is 12.7 Å². The average molecular weight is 231 g/mol. The van der Waals surface area contributed by atoms with Gasteiger partial charge in [0.25, 0.3) is 0 Å². The monoisotopic (exact) mass is 231 g/mol. The molecule has 3 nitrogen and oxygen atoms in total. The Morgan fingerprint density at radius 1 is 1.29 bits per heavy atom. The number of anilines is 1. The number of carbonyl (C=O) groups excluding carboxylic acids is 1. The molecule has 0 aliphatic heterocycles. The Labute approximate surface area is 102 Å². The second kappa shape index (κ2) is 5.89. The van der Waals surface area contributed by atoms with Crippen LogP contribution >= 0.6 is 0 Å². The first-order valence-electron chi connectivity index (χ1n) is 5.28. The third-order valence-corrected chi connectivity index (χ3v) is 2.37. The molecule has 1 aromatic carbocycles. The van der Waals surface area contributed by atoms with Crippen LogP contribution in [0.15, 0.2) is 42.5 Å². The van der Waals surface area contributed by atoms with Crippen LogP contribution in [0, 0.1) is 0 Å². The Bertz CT molecular complexity index is 430. The molecule has 0 fully saturated rings. The lowest BCUT2D eigenvalue weighted by Gasteiger charge is -2.11. The maximum atomic E-state index is 11.4. The number of carbonyl (C=O) groups is 1. The van der Waals surface area contributed by atoms with E-state index in [1.807, 2.05) is 43.3 Å². The highest BCUT2D eigenvalue weighted by atomic mass is 16.5. The molecule has 0 spiro atoms. The maximum absolute atomic E-state index is 11.4. The number of esters is 1. The van der Waals surface area contributed by atoms with Crippen molar-refractivity contribution in [2.24, 2.45) is 0 Å². The Balaban J connectivity index is 2.97. The van der Waals surface area contributed by atoms with Crippen molar-refractivity contribution in [2.45, 2.75) is 0 Å². The van der Waals surface area contributed by atoms with Crippen LogP contribution in [-0.4, -0.2) is 27.2 Å². The van der Waals surface area contributed by atoms with Crippen molar-refractivity contribution in [1.29, 1.82) is 0 Å². The number of methoxy groups -OCH3 is 1. The molecule has 90 valence electrons. The molecule has 0 aromatic heterocycles. The standard InChI is InChI=1S/C14H17NO2/c1-5-12(14(16)17-4)10-11-6-8-13(9-7-11)15(2)3/h5-10H,1H2,2-4H3/b12-10+. The Morgan fingerprint density at radius 3 is 2.29 bits per heavy atom. The van der Waals surface area contributed by atoms with Gasteiger partial charge in [-0.2, -0.15) is 0 Å². The number of rotatable bonds is 4. The van der Waals surface area contributed by atoms with Gasteiger partial charge in [-0.1, -0.05) is 24.8 Å². The van der Waals surface area contributed by atoms with Gasteiger partial charge in [-0.3, -0.25) is 0 Å². The van der Waals surface area contributed by atoms with Gasteiger partial charge in [-0.05, 0) is 23.8 Å². The molecule has 0 aliphatic rings. The molecular formula is C14H17NO2. The van der Waals surface area contributed by atoms with Crippen LogP contribution in [0.25, 0.3) is 6.08 Å². The molecule has 0 saturated heterocycles. The van der Waals surface area contributed by atoms with Gasteiger partial charge >= 0.3 is 5.97 Å². The molecular weight excluding hydrogens is 214 g/mol. The van der Waals surface area contributed by atoms with Gasteiger partial charge in [0.2, 0.25) is 0 Å². The van der Waals surface area contributed by atoms with Gasteiger partial charge < -0.3 is 9.64 Å². The van der Waals surface area contributed by atoms with E-state index in [1.165, 1.54) is 13.2 Å². The van der Waals surface area contributed by atoms with E-state index in [4.69, 9.17) is 0 Å². The van der Waals surface area contributed by atoms with Crippen LogP contribution in [0.3, 0.4) is 0 Å². The van der Waals surface area contributed by atoms with Crippen molar-refractivity contribution in [3.05, 3.63) is 48.1 Å². The van der Waals surface area contributed by atoms with Crippen molar-refractivity contribution in [3.63, 3.8) is 0 Å². The average Bonchev–Trinajstić information content (AvgIpc) is 2.35. The van der Waals surface area contributed by atoms with Gasteiger partial charge in [0.1, 0.15) is 0 Å². The fourth-order valence-corrected chi connectivity index (χ4v) is 1.37. The van der Waals surface area contributed by atoms with E-state index in [0.717, 1.165) is 11.3 Å². The van der Waals surface area contributed by atoms with E-state index >= 15 is 0 Å². The normalized spacial score (nSPS) is 10.9. The third kappa shape index (κ3) is 3.48. The first-order valence-corrected chi connectivity index (χ1v) is 5.28. The quantitative estimate of drug-likeness (QED) is 0.453. The first-order chi connectivity index (χ1) is 8.08. The molecule has 0 aliphatic carbocycles. The minimum absolute atomic E-state index is 0.378. The highest BCUT2D eigenvalue weighted by Crippen LogP contribution is 2.15. The number of ether oxygens (including phenoxy) is 1. The highest BCUT2D eigenvalue weighted by Gasteiger charge is 2.05. The van der Waals surface area contributed by atoms with Crippen molar-refractivity contribution in [3.8, 4) is 0 Å². The molecule has 0 radical (unpaired) electrons. The smallest absolute Gasteiger partial charge is 0.337 e. The predicted molar refractivity (Wildman–Crippen MR) is 71.0 cm³/mol. The summed E-state index contributed by atoms with van der Waals surface area (Å²) in [5, 5.41) is 0. The number of benzene rings is 1. The van der Waals surface area contributed by atoms with Crippen LogP contribution in [0.5, 0.6) is 0 Å². The summed E-state index contributed by atoms with van der Waals surface area (Å²) >= 11 is 0. The molecule has 1 rings (SSSR count). The molecule has 0 unspecified atom stereocenters. The largest absolute Gasteiger partial charge is 0.465 e. The fraction of sp³-hybridized carbons (Fsp3) is 0.214. The van der Waals surface area contributed by atoms with E-state index in [-0.39, 0.29) is 5.97 Å². The Morgan fingerprint density at radius 2 is 1.88 bits per heavy atom. The molecule has 0 amide bonds. The van der Waals surface area contributed by atoms with Crippen LogP contribution in [0.1, 0.15) is 5.56 Å². The van der Waals surface area contributed by atoms with Crippen LogP contribution in [0.4, 0.5) is 5.69 Å². The molecule has 1 aromatic rings.